The lowest BCUT2D eigenvalue weighted by atomic mass is 10.5. The van der Waals surface area contributed by atoms with Gasteiger partial charge in [0.1, 0.15) is 5.35 Å². The number of nitrogens with one attached hydrogen (secondary N) is 1. The van der Waals surface area contributed by atoms with Crippen molar-refractivity contribution >= 4 is 6.08 Å². The predicted octanol–water partition coefficient (Wildman–Crippen LogP) is -2.42. The SMILES string of the molecule is O=c1[nH]nnc2c1=NCC=2. The van der Waals surface area contributed by atoms with Gasteiger partial charge in [0.2, 0.25) is 0 Å². The predicted molar refractivity (Wildman–Crippen MR) is 32.8 cm³/mol. The maximum Gasteiger partial charge on any atom is 0.293 e. The van der Waals surface area contributed by atoms with Crippen LogP contribution in [0.25, 0.3) is 6.08 Å². The molecule has 0 bridgehead atoms. The first-order valence-corrected chi connectivity index (χ1v) is 2.84. The van der Waals surface area contributed by atoms with E-state index in [-0.39, 0.29) is 5.56 Å². The number of rotatable bonds is 0. The van der Waals surface area contributed by atoms with E-state index in [4.69, 9.17) is 0 Å². The zero-order chi connectivity index (χ0) is 6.97. The highest BCUT2D eigenvalue weighted by Crippen LogP contribution is 1.69. The largest absolute Gasteiger partial charge is 0.293 e. The first-order valence-electron chi connectivity index (χ1n) is 2.84. The van der Waals surface area contributed by atoms with Crippen molar-refractivity contribution in [3.8, 4) is 0 Å². The summed E-state index contributed by atoms with van der Waals surface area (Å²) in [6.07, 6.45) is 1.76. The maximum atomic E-state index is 10.8. The van der Waals surface area contributed by atoms with Crippen molar-refractivity contribution < 1.29 is 0 Å². The lowest BCUT2D eigenvalue weighted by Crippen LogP contribution is -2.42. The third kappa shape index (κ3) is 0.570. The Bertz CT molecular complexity index is 418. The molecule has 1 aromatic rings. The van der Waals surface area contributed by atoms with E-state index in [1.165, 1.54) is 0 Å². The van der Waals surface area contributed by atoms with Crippen molar-refractivity contribution in [3.63, 3.8) is 0 Å². The van der Waals surface area contributed by atoms with Gasteiger partial charge in [0.15, 0.2) is 5.36 Å². The summed E-state index contributed by atoms with van der Waals surface area (Å²) >= 11 is 0. The zero-order valence-electron chi connectivity index (χ0n) is 5.03. The van der Waals surface area contributed by atoms with E-state index >= 15 is 0 Å². The maximum absolute atomic E-state index is 10.8. The van der Waals surface area contributed by atoms with E-state index in [0.29, 0.717) is 17.3 Å². The van der Waals surface area contributed by atoms with Crippen molar-refractivity contribution in [2.75, 3.05) is 6.54 Å². The van der Waals surface area contributed by atoms with E-state index in [0.717, 1.165) is 0 Å². The molecule has 2 rings (SSSR count). The smallest absolute Gasteiger partial charge is 0.273 e. The topological polar surface area (TPSA) is 71.0 Å². The molecule has 0 atom stereocenters. The molecule has 5 heteroatoms. The molecule has 0 saturated heterocycles. The van der Waals surface area contributed by atoms with Crippen molar-refractivity contribution in [1.82, 2.24) is 15.4 Å². The van der Waals surface area contributed by atoms with E-state index in [1.807, 2.05) is 0 Å². The van der Waals surface area contributed by atoms with Crippen molar-refractivity contribution in [1.29, 1.82) is 0 Å². The second-order valence-corrected chi connectivity index (χ2v) is 1.92. The second kappa shape index (κ2) is 1.73. The van der Waals surface area contributed by atoms with Crippen LogP contribution in [0.2, 0.25) is 0 Å². The summed E-state index contributed by atoms with van der Waals surface area (Å²) in [5.74, 6) is 0. The number of nitrogens with zero attached hydrogens (tertiary/aromatic N) is 3. The molecular weight excluding hydrogens is 132 g/mol. The van der Waals surface area contributed by atoms with Crippen LogP contribution in [0.4, 0.5) is 0 Å². The van der Waals surface area contributed by atoms with Crippen LogP contribution in [-0.2, 0) is 0 Å². The Kier molecular flexibility index (Phi) is 0.913. The second-order valence-electron chi connectivity index (χ2n) is 1.92. The molecule has 1 aliphatic rings. The van der Waals surface area contributed by atoms with Gasteiger partial charge in [-0.3, -0.25) is 9.79 Å². The summed E-state index contributed by atoms with van der Waals surface area (Å²) in [4.78, 5) is 14.7. The highest BCUT2D eigenvalue weighted by Gasteiger charge is 1.98. The van der Waals surface area contributed by atoms with Gasteiger partial charge < -0.3 is 0 Å². The van der Waals surface area contributed by atoms with Gasteiger partial charge in [-0.25, -0.2) is 5.10 Å². The minimum absolute atomic E-state index is 0.265. The van der Waals surface area contributed by atoms with Gasteiger partial charge in [0.05, 0.1) is 6.54 Å². The Morgan fingerprint density at radius 1 is 1.60 bits per heavy atom. The first kappa shape index (κ1) is 5.28. The monoisotopic (exact) mass is 136 g/mol. The highest BCUT2D eigenvalue weighted by atomic mass is 16.1. The van der Waals surface area contributed by atoms with Crippen LogP contribution in [0.3, 0.4) is 0 Å². The summed E-state index contributed by atoms with van der Waals surface area (Å²) in [5, 5.41) is 10.2. The summed E-state index contributed by atoms with van der Waals surface area (Å²) in [6.45, 7) is 0.539. The molecule has 0 aromatic carbocycles. The fourth-order valence-corrected chi connectivity index (χ4v) is 0.855. The van der Waals surface area contributed by atoms with Gasteiger partial charge in [0, 0.05) is 0 Å². The molecule has 0 fully saturated rings. The molecule has 50 valence electrons. The van der Waals surface area contributed by atoms with Crippen LogP contribution in [0, 0.1) is 0 Å². The van der Waals surface area contributed by atoms with Crippen LogP contribution in [0.5, 0.6) is 0 Å². The Morgan fingerprint density at radius 2 is 2.50 bits per heavy atom. The number of aromatic nitrogens is 3. The summed E-state index contributed by atoms with van der Waals surface area (Å²) < 4.78 is 0. The number of hydrogen-bond acceptors (Lipinski definition) is 4. The van der Waals surface area contributed by atoms with Gasteiger partial charge in [-0.2, -0.15) is 0 Å². The van der Waals surface area contributed by atoms with Crippen LogP contribution in [-0.4, -0.2) is 22.0 Å². The van der Waals surface area contributed by atoms with E-state index < -0.39 is 0 Å². The van der Waals surface area contributed by atoms with Crippen molar-refractivity contribution in [2.45, 2.75) is 0 Å². The third-order valence-electron chi connectivity index (χ3n) is 1.30. The van der Waals surface area contributed by atoms with Crippen LogP contribution < -0.4 is 16.3 Å². The molecule has 0 aliphatic carbocycles. The Morgan fingerprint density at radius 3 is 3.30 bits per heavy atom. The average molecular weight is 136 g/mol. The van der Waals surface area contributed by atoms with E-state index in [2.05, 4.69) is 20.4 Å². The van der Waals surface area contributed by atoms with Gasteiger partial charge in [0.25, 0.3) is 5.56 Å². The minimum atomic E-state index is -0.265. The molecule has 2 heterocycles. The van der Waals surface area contributed by atoms with Crippen LogP contribution in [0.15, 0.2) is 9.79 Å². The summed E-state index contributed by atoms with van der Waals surface area (Å²) in [6, 6.07) is 0. The van der Waals surface area contributed by atoms with Crippen molar-refractivity contribution in [3.05, 3.63) is 21.1 Å². The highest BCUT2D eigenvalue weighted by molar-refractivity contribution is 5.23. The van der Waals surface area contributed by atoms with Gasteiger partial charge in [-0.15, -0.1) is 5.10 Å². The molecule has 0 amide bonds. The average Bonchev–Trinajstić information content (AvgIpc) is 2.36. The Labute approximate surface area is 55.1 Å². The Balaban J connectivity index is 3.12. The molecule has 0 radical (unpaired) electrons. The fourth-order valence-electron chi connectivity index (χ4n) is 0.855. The van der Waals surface area contributed by atoms with Gasteiger partial charge >= 0.3 is 0 Å². The van der Waals surface area contributed by atoms with Crippen LogP contribution in [0.1, 0.15) is 0 Å². The number of aromatic amines is 1. The zero-order valence-corrected chi connectivity index (χ0v) is 5.03. The lowest BCUT2D eigenvalue weighted by molar-refractivity contribution is 0.802. The standard InChI is InChI=1S/C5H4N4O/c10-5-4-3(1-2-6-4)7-9-8-5/h1H,2H2,(H,7,8,10). The lowest BCUT2D eigenvalue weighted by Gasteiger charge is -1.77. The molecule has 0 spiro atoms. The first-order chi connectivity index (χ1) is 4.88. The quantitative estimate of drug-likeness (QED) is 0.431. The third-order valence-corrected chi connectivity index (χ3v) is 1.30. The van der Waals surface area contributed by atoms with Crippen molar-refractivity contribution in [2.24, 2.45) is 4.99 Å². The number of H-pyrrole nitrogens is 1. The minimum Gasteiger partial charge on any atom is -0.273 e. The number of fused-ring (bicyclic) bond motifs is 1. The molecule has 1 aliphatic heterocycles. The normalized spacial score (nSPS) is 13.6. The Hall–Kier alpha value is -1.52. The molecule has 1 aromatic heterocycles. The summed E-state index contributed by atoms with van der Waals surface area (Å²) in [7, 11) is 0. The molecule has 1 N–H and O–H groups in total. The van der Waals surface area contributed by atoms with Gasteiger partial charge in [-0.05, 0) is 6.08 Å². The van der Waals surface area contributed by atoms with E-state index in [1.54, 1.807) is 6.08 Å². The molecule has 10 heavy (non-hydrogen) atoms. The van der Waals surface area contributed by atoms with Crippen LogP contribution >= 0.6 is 0 Å². The molecular formula is C5H4N4O. The molecule has 0 unspecified atom stereocenters. The number of hydrogen-bond donors (Lipinski definition) is 1. The molecule has 0 saturated carbocycles. The van der Waals surface area contributed by atoms with E-state index in [9.17, 15) is 4.79 Å². The molecule has 5 nitrogen and oxygen atoms in total. The summed E-state index contributed by atoms with van der Waals surface area (Å²) in [5.41, 5.74) is -0.265. The van der Waals surface area contributed by atoms with Gasteiger partial charge in [-0.1, -0.05) is 5.21 Å². The fraction of sp³-hybridized carbons (Fsp3) is 0.200.